The minimum Gasteiger partial charge on any atom is -0.399 e. The average Bonchev–Trinajstić information content (AvgIpc) is 2.34. The molecule has 16 heavy (non-hydrogen) atoms. The van der Waals surface area contributed by atoms with Gasteiger partial charge in [-0.2, -0.15) is 0 Å². The minimum atomic E-state index is 0.207. The Morgan fingerprint density at radius 3 is 2.75 bits per heavy atom. The largest absolute Gasteiger partial charge is 0.399 e. The van der Waals surface area contributed by atoms with Crippen LogP contribution < -0.4 is 11.1 Å². The van der Waals surface area contributed by atoms with Crippen molar-refractivity contribution in [2.75, 3.05) is 6.54 Å². The zero-order valence-electron chi connectivity index (χ0n) is 10.2. The van der Waals surface area contributed by atoms with Gasteiger partial charge >= 0.3 is 0 Å². The van der Waals surface area contributed by atoms with Gasteiger partial charge in [-0.3, -0.25) is 4.90 Å². The van der Waals surface area contributed by atoms with Crippen LogP contribution in [-0.2, 0) is 0 Å². The molecule has 2 rings (SSSR count). The van der Waals surface area contributed by atoms with Crippen LogP contribution in [0.1, 0.15) is 39.0 Å². The van der Waals surface area contributed by atoms with Gasteiger partial charge in [0.2, 0.25) is 0 Å². The van der Waals surface area contributed by atoms with E-state index in [1.165, 1.54) is 32.1 Å². The van der Waals surface area contributed by atoms with Crippen LogP contribution in [0, 0.1) is 0 Å². The summed E-state index contributed by atoms with van der Waals surface area (Å²) in [5, 5.41) is 3.37. The molecular formula is C13H23N3. The summed E-state index contributed by atoms with van der Waals surface area (Å²) < 4.78 is 0. The van der Waals surface area contributed by atoms with E-state index in [4.69, 9.17) is 5.73 Å². The molecule has 0 bridgehead atoms. The molecule has 0 aromatic heterocycles. The highest BCUT2D eigenvalue weighted by atomic mass is 15.3. The van der Waals surface area contributed by atoms with Crippen molar-refractivity contribution in [1.82, 2.24) is 10.2 Å². The molecule has 0 aromatic rings. The molecule has 1 atom stereocenters. The summed E-state index contributed by atoms with van der Waals surface area (Å²) >= 11 is 0. The predicted molar refractivity (Wildman–Crippen MR) is 67.6 cm³/mol. The third-order valence-corrected chi connectivity index (χ3v) is 3.70. The maximum absolute atomic E-state index is 6.07. The molecule has 3 heteroatoms. The lowest BCUT2D eigenvalue weighted by Crippen LogP contribution is -2.52. The van der Waals surface area contributed by atoms with Crippen molar-refractivity contribution in [3.05, 3.63) is 24.0 Å². The number of likely N-dealkylation sites (N-methyl/N-ethyl adjacent to an activating group) is 1. The molecule has 90 valence electrons. The predicted octanol–water partition coefficient (Wildman–Crippen LogP) is 1.93. The number of nitrogens with zero attached hydrogens (tertiary/aromatic N) is 1. The molecule has 1 aliphatic carbocycles. The van der Waals surface area contributed by atoms with E-state index in [9.17, 15) is 0 Å². The number of dihydropyridines is 1. The monoisotopic (exact) mass is 221 g/mol. The summed E-state index contributed by atoms with van der Waals surface area (Å²) in [6.45, 7) is 3.28. The Hall–Kier alpha value is -0.960. The third kappa shape index (κ3) is 2.40. The van der Waals surface area contributed by atoms with Gasteiger partial charge in [-0.1, -0.05) is 26.2 Å². The molecule has 0 saturated heterocycles. The Balaban J connectivity index is 2.03. The van der Waals surface area contributed by atoms with Crippen LogP contribution in [-0.4, -0.2) is 23.7 Å². The first-order valence-electron chi connectivity index (χ1n) is 6.47. The maximum atomic E-state index is 6.07. The fourth-order valence-corrected chi connectivity index (χ4v) is 2.84. The average molecular weight is 221 g/mol. The first-order chi connectivity index (χ1) is 7.83. The lowest BCUT2D eigenvalue weighted by Gasteiger charge is -2.40. The first-order valence-corrected chi connectivity index (χ1v) is 6.47. The summed E-state index contributed by atoms with van der Waals surface area (Å²) in [6.07, 6.45) is 13.0. The molecular weight excluding hydrogens is 198 g/mol. The molecule has 0 amide bonds. The minimum absolute atomic E-state index is 0.207. The lowest BCUT2D eigenvalue weighted by molar-refractivity contribution is 0.115. The summed E-state index contributed by atoms with van der Waals surface area (Å²) in [6, 6.07) is 0.703. The number of rotatable bonds is 3. The van der Waals surface area contributed by atoms with Crippen molar-refractivity contribution in [3.8, 4) is 0 Å². The van der Waals surface area contributed by atoms with Gasteiger partial charge in [-0.25, -0.2) is 0 Å². The second-order valence-corrected chi connectivity index (χ2v) is 4.72. The number of hydrogen-bond acceptors (Lipinski definition) is 3. The zero-order valence-corrected chi connectivity index (χ0v) is 10.2. The SMILES string of the molecule is CCN(C1CCCCC1)C1NC=CC=C1N. The molecule has 0 radical (unpaired) electrons. The Morgan fingerprint density at radius 1 is 1.38 bits per heavy atom. The van der Waals surface area contributed by atoms with Crippen molar-refractivity contribution >= 4 is 0 Å². The van der Waals surface area contributed by atoms with E-state index in [1.54, 1.807) is 0 Å². The molecule has 1 fully saturated rings. The second kappa shape index (κ2) is 5.39. The van der Waals surface area contributed by atoms with E-state index < -0.39 is 0 Å². The van der Waals surface area contributed by atoms with Gasteiger partial charge < -0.3 is 11.1 Å². The van der Waals surface area contributed by atoms with Crippen molar-refractivity contribution in [1.29, 1.82) is 0 Å². The van der Waals surface area contributed by atoms with Crippen LogP contribution in [0.15, 0.2) is 24.0 Å². The smallest absolute Gasteiger partial charge is 0.120 e. The van der Waals surface area contributed by atoms with Gasteiger partial charge in [0.05, 0.1) is 0 Å². The number of nitrogens with two attached hydrogens (primary N) is 1. The van der Waals surface area contributed by atoms with Gasteiger partial charge in [0, 0.05) is 11.7 Å². The molecule has 1 aliphatic heterocycles. The molecule has 3 N–H and O–H groups in total. The van der Waals surface area contributed by atoms with Crippen LogP contribution in [0.3, 0.4) is 0 Å². The van der Waals surface area contributed by atoms with E-state index >= 15 is 0 Å². The molecule has 1 heterocycles. The van der Waals surface area contributed by atoms with Gasteiger partial charge in [-0.15, -0.1) is 0 Å². The van der Waals surface area contributed by atoms with Gasteiger partial charge in [0.1, 0.15) is 6.17 Å². The summed E-state index contributed by atoms with van der Waals surface area (Å²) in [5.41, 5.74) is 7.01. The lowest BCUT2D eigenvalue weighted by atomic mass is 9.93. The van der Waals surface area contributed by atoms with Gasteiger partial charge in [-0.05, 0) is 37.7 Å². The van der Waals surface area contributed by atoms with Crippen LogP contribution in [0.25, 0.3) is 0 Å². The zero-order chi connectivity index (χ0) is 11.4. The van der Waals surface area contributed by atoms with E-state index in [0.29, 0.717) is 6.04 Å². The van der Waals surface area contributed by atoms with Crippen molar-refractivity contribution < 1.29 is 0 Å². The topological polar surface area (TPSA) is 41.3 Å². The second-order valence-electron chi connectivity index (χ2n) is 4.72. The Bertz CT molecular complexity index is 277. The van der Waals surface area contributed by atoms with E-state index in [1.807, 2.05) is 18.4 Å². The van der Waals surface area contributed by atoms with Crippen LogP contribution in [0.5, 0.6) is 0 Å². The van der Waals surface area contributed by atoms with Crippen molar-refractivity contribution in [3.63, 3.8) is 0 Å². The molecule has 1 saturated carbocycles. The van der Waals surface area contributed by atoms with Crippen LogP contribution in [0.4, 0.5) is 0 Å². The van der Waals surface area contributed by atoms with E-state index in [-0.39, 0.29) is 6.17 Å². The summed E-state index contributed by atoms with van der Waals surface area (Å²) in [4.78, 5) is 2.51. The quantitative estimate of drug-likeness (QED) is 0.765. The highest BCUT2D eigenvalue weighted by Crippen LogP contribution is 2.25. The van der Waals surface area contributed by atoms with E-state index in [0.717, 1.165) is 12.2 Å². The fourth-order valence-electron chi connectivity index (χ4n) is 2.84. The van der Waals surface area contributed by atoms with Gasteiger partial charge in [0.25, 0.3) is 0 Å². The maximum Gasteiger partial charge on any atom is 0.120 e. The Morgan fingerprint density at radius 2 is 2.12 bits per heavy atom. The van der Waals surface area contributed by atoms with Crippen molar-refractivity contribution in [2.24, 2.45) is 5.73 Å². The third-order valence-electron chi connectivity index (χ3n) is 3.70. The van der Waals surface area contributed by atoms with Gasteiger partial charge in [0.15, 0.2) is 0 Å². The highest BCUT2D eigenvalue weighted by Gasteiger charge is 2.27. The van der Waals surface area contributed by atoms with Crippen LogP contribution >= 0.6 is 0 Å². The first kappa shape index (κ1) is 11.5. The summed E-state index contributed by atoms with van der Waals surface area (Å²) in [5.74, 6) is 0. The Labute approximate surface area is 98.4 Å². The summed E-state index contributed by atoms with van der Waals surface area (Å²) in [7, 11) is 0. The molecule has 0 aromatic carbocycles. The standard InChI is InChI=1S/C13H23N3/c1-2-16(11-7-4-3-5-8-11)13-12(14)9-6-10-15-13/h6,9-11,13,15H,2-5,7-8,14H2,1H3. The fraction of sp³-hybridized carbons (Fsp3) is 0.692. The molecule has 2 aliphatic rings. The molecule has 0 spiro atoms. The van der Waals surface area contributed by atoms with Crippen LogP contribution in [0.2, 0.25) is 0 Å². The number of allylic oxidation sites excluding steroid dienone is 2. The van der Waals surface area contributed by atoms with Crippen molar-refractivity contribution in [2.45, 2.75) is 51.2 Å². The normalized spacial score (nSPS) is 26.6. The van der Waals surface area contributed by atoms with E-state index in [2.05, 4.69) is 17.1 Å². The highest BCUT2D eigenvalue weighted by molar-refractivity contribution is 5.20. The Kier molecular flexibility index (Phi) is 3.88. The molecule has 1 unspecified atom stereocenters. The molecule has 3 nitrogen and oxygen atoms in total. The number of nitrogens with one attached hydrogen (secondary N) is 1. The number of hydrogen-bond donors (Lipinski definition) is 2.